The van der Waals surface area contributed by atoms with Gasteiger partial charge in [0.1, 0.15) is 0 Å². The first kappa shape index (κ1) is 15.3. The molecule has 0 aromatic carbocycles. The minimum atomic E-state index is -2.99. The number of hydrogen-bond acceptors (Lipinski definition) is 5. The van der Waals surface area contributed by atoms with Crippen molar-refractivity contribution < 1.29 is 23.1 Å². The Kier molecular flexibility index (Phi) is 5.46. The fourth-order valence-corrected chi connectivity index (χ4v) is 4.32. The summed E-state index contributed by atoms with van der Waals surface area (Å²) in [4.78, 5) is 23.5. The predicted molar refractivity (Wildman–Crippen MR) is 69.4 cm³/mol. The number of carbonyl (C=O) groups excluding carboxylic acids is 1. The molecule has 1 aliphatic rings. The van der Waals surface area contributed by atoms with E-state index < -0.39 is 15.8 Å². The second kappa shape index (κ2) is 6.42. The Balaban J connectivity index is 2.31. The SMILES string of the molecule is CN(C(=O)CSCCC(=O)O)C1CCS(=O)(=O)C1. The van der Waals surface area contributed by atoms with Gasteiger partial charge >= 0.3 is 5.97 Å². The number of carbonyl (C=O) groups is 2. The second-order valence-electron chi connectivity index (χ2n) is 4.26. The van der Waals surface area contributed by atoms with E-state index in [1.807, 2.05) is 0 Å². The molecular formula is C10H17NO5S2. The molecule has 104 valence electrons. The third kappa shape index (κ3) is 4.85. The summed E-state index contributed by atoms with van der Waals surface area (Å²) in [5.74, 6) is -0.271. The van der Waals surface area contributed by atoms with Gasteiger partial charge in [-0.15, -0.1) is 0 Å². The van der Waals surface area contributed by atoms with Crippen LogP contribution in [0, 0.1) is 0 Å². The lowest BCUT2D eigenvalue weighted by Crippen LogP contribution is -2.38. The number of amides is 1. The van der Waals surface area contributed by atoms with E-state index in [2.05, 4.69) is 0 Å². The molecule has 0 aromatic heterocycles. The van der Waals surface area contributed by atoms with Crippen LogP contribution in [0.4, 0.5) is 0 Å². The predicted octanol–water partition coefficient (Wildman–Crippen LogP) is -0.160. The van der Waals surface area contributed by atoms with Crippen molar-refractivity contribution in [2.24, 2.45) is 0 Å². The molecule has 0 bridgehead atoms. The van der Waals surface area contributed by atoms with Gasteiger partial charge in [0.25, 0.3) is 0 Å². The molecule has 1 unspecified atom stereocenters. The lowest BCUT2D eigenvalue weighted by Gasteiger charge is -2.23. The molecule has 1 fully saturated rings. The van der Waals surface area contributed by atoms with Crippen molar-refractivity contribution >= 4 is 33.5 Å². The van der Waals surface area contributed by atoms with E-state index in [0.717, 1.165) is 0 Å². The molecule has 18 heavy (non-hydrogen) atoms. The molecule has 8 heteroatoms. The Labute approximate surface area is 111 Å². The number of carboxylic acid groups (broad SMARTS) is 1. The van der Waals surface area contributed by atoms with Gasteiger partial charge in [0, 0.05) is 18.8 Å². The van der Waals surface area contributed by atoms with Crippen LogP contribution in [0.3, 0.4) is 0 Å². The average molecular weight is 295 g/mol. The van der Waals surface area contributed by atoms with E-state index in [1.54, 1.807) is 7.05 Å². The number of rotatable bonds is 6. The number of sulfone groups is 1. The van der Waals surface area contributed by atoms with Crippen LogP contribution in [-0.4, -0.2) is 66.4 Å². The van der Waals surface area contributed by atoms with Crippen molar-refractivity contribution in [2.75, 3.05) is 30.1 Å². The highest BCUT2D eigenvalue weighted by atomic mass is 32.2. The summed E-state index contributed by atoms with van der Waals surface area (Å²) < 4.78 is 22.6. The fourth-order valence-electron chi connectivity index (χ4n) is 1.71. The van der Waals surface area contributed by atoms with E-state index in [0.29, 0.717) is 12.2 Å². The number of nitrogens with zero attached hydrogens (tertiary/aromatic N) is 1. The molecule has 0 aromatic rings. The normalized spacial score (nSPS) is 21.7. The first-order valence-corrected chi connectivity index (χ1v) is 8.55. The summed E-state index contributed by atoms with van der Waals surface area (Å²) in [6, 6.07) is -0.234. The van der Waals surface area contributed by atoms with Crippen LogP contribution >= 0.6 is 11.8 Å². The lowest BCUT2D eigenvalue weighted by atomic mass is 10.2. The number of carboxylic acids is 1. The maximum atomic E-state index is 11.7. The Morgan fingerprint density at radius 3 is 2.61 bits per heavy atom. The van der Waals surface area contributed by atoms with Crippen LogP contribution < -0.4 is 0 Å². The Hall–Kier alpha value is -0.760. The van der Waals surface area contributed by atoms with E-state index in [9.17, 15) is 18.0 Å². The minimum Gasteiger partial charge on any atom is -0.481 e. The molecule has 0 spiro atoms. The summed E-state index contributed by atoms with van der Waals surface area (Å²) in [6.07, 6.45) is 0.518. The van der Waals surface area contributed by atoms with Gasteiger partial charge < -0.3 is 10.0 Å². The summed E-state index contributed by atoms with van der Waals surface area (Å²) in [5.41, 5.74) is 0. The number of thioether (sulfide) groups is 1. The van der Waals surface area contributed by atoms with E-state index >= 15 is 0 Å². The van der Waals surface area contributed by atoms with E-state index in [-0.39, 0.29) is 35.6 Å². The molecule has 0 aliphatic carbocycles. The largest absolute Gasteiger partial charge is 0.481 e. The Morgan fingerprint density at radius 2 is 2.11 bits per heavy atom. The third-order valence-electron chi connectivity index (χ3n) is 2.84. The van der Waals surface area contributed by atoms with Gasteiger partial charge in [0.2, 0.25) is 5.91 Å². The molecule has 1 saturated heterocycles. The zero-order valence-electron chi connectivity index (χ0n) is 10.2. The number of hydrogen-bond donors (Lipinski definition) is 1. The van der Waals surface area contributed by atoms with Gasteiger partial charge in [-0.2, -0.15) is 11.8 Å². The quantitative estimate of drug-likeness (QED) is 0.685. The first-order chi connectivity index (χ1) is 8.32. The highest BCUT2D eigenvalue weighted by molar-refractivity contribution is 7.99. The maximum Gasteiger partial charge on any atom is 0.304 e. The van der Waals surface area contributed by atoms with Gasteiger partial charge in [-0.3, -0.25) is 9.59 Å². The summed E-state index contributed by atoms with van der Waals surface area (Å²) in [5, 5.41) is 8.44. The maximum absolute atomic E-state index is 11.7. The Bertz CT molecular complexity index is 420. The molecule has 1 rings (SSSR count). The molecule has 0 saturated carbocycles. The lowest BCUT2D eigenvalue weighted by molar-refractivity contribution is -0.136. The zero-order chi connectivity index (χ0) is 13.8. The smallest absolute Gasteiger partial charge is 0.304 e. The molecule has 1 amide bonds. The van der Waals surface area contributed by atoms with Crippen LogP contribution in [0.2, 0.25) is 0 Å². The molecule has 1 aliphatic heterocycles. The molecule has 6 nitrogen and oxygen atoms in total. The first-order valence-electron chi connectivity index (χ1n) is 5.57. The van der Waals surface area contributed by atoms with Crippen LogP contribution in [0.25, 0.3) is 0 Å². The monoisotopic (exact) mass is 295 g/mol. The summed E-state index contributed by atoms with van der Waals surface area (Å²) >= 11 is 1.26. The molecular weight excluding hydrogens is 278 g/mol. The standard InChI is InChI=1S/C10H17NO5S2/c1-11(8-3-5-18(15,16)7-8)9(12)6-17-4-2-10(13)14/h8H,2-7H2,1H3,(H,13,14). The van der Waals surface area contributed by atoms with Crippen molar-refractivity contribution in [3.63, 3.8) is 0 Å². The highest BCUT2D eigenvalue weighted by Gasteiger charge is 2.32. The molecule has 1 heterocycles. The van der Waals surface area contributed by atoms with Gasteiger partial charge in [-0.05, 0) is 6.42 Å². The van der Waals surface area contributed by atoms with Crippen molar-refractivity contribution in [1.29, 1.82) is 0 Å². The van der Waals surface area contributed by atoms with Gasteiger partial charge in [-0.1, -0.05) is 0 Å². The third-order valence-corrected chi connectivity index (χ3v) is 5.53. The van der Waals surface area contributed by atoms with Gasteiger partial charge in [-0.25, -0.2) is 8.42 Å². The average Bonchev–Trinajstić information content (AvgIpc) is 2.63. The summed E-state index contributed by atoms with van der Waals surface area (Å²) in [7, 11) is -1.39. The second-order valence-corrected chi connectivity index (χ2v) is 7.59. The molecule has 0 radical (unpaired) electrons. The van der Waals surface area contributed by atoms with Crippen molar-refractivity contribution in [2.45, 2.75) is 18.9 Å². The Morgan fingerprint density at radius 1 is 1.44 bits per heavy atom. The molecule has 1 atom stereocenters. The number of aliphatic carboxylic acids is 1. The van der Waals surface area contributed by atoms with Crippen LogP contribution in [0.5, 0.6) is 0 Å². The fraction of sp³-hybridized carbons (Fsp3) is 0.800. The van der Waals surface area contributed by atoms with Crippen molar-refractivity contribution in [1.82, 2.24) is 4.90 Å². The van der Waals surface area contributed by atoms with E-state index in [4.69, 9.17) is 5.11 Å². The van der Waals surface area contributed by atoms with Crippen molar-refractivity contribution in [3.8, 4) is 0 Å². The van der Waals surface area contributed by atoms with Crippen LogP contribution in [0.15, 0.2) is 0 Å². The van der Waals surface area contributed by atoms with Crippen LogP contribution in [-0.2, 0) is 19.4 Å². The topological polar surface area (TPSA) is 91.8 Å². The highest BCUT2D eigenvalue weighted by Crippen LogP contribution is 2.17. The van der Waals surface area contributed by atoms with E-state index in [1.165, 1.54) is 16.7 Å². The zero-order valence-corrected chi connectivity index (χ0v) is 11.8. The minimum absolute atomic E-state index is 0.0273. The van der Waals surface area contributed by atoms with Gasteiger partial charge in [0.05, 0.1) is 23.7 Å². The van der Waals surface area contributed by atoms with Gasteiger partial charge in [0.15, 0.2) is 9.84 Å². The molecule has 1 N–H and O–H groups in total. The van der Waals surface area contributed by atoms with Crippen molar-refractivity contribution in [3.05, 3.63) is 0 Å². The summed E-state index contributed by atoms with van der Waals surface area (Å²) in [6.45, 7) is 0. The van der Waals surface area contributed by atoms with Crippen LogP contribution in [0.1, 0.15) is 12.8 Å².